The molecule has 0 spiro atoms. The average Bonchev–Trinajstić information content (AvgIpc) is 2.48. The van der Waals surface area contributed by atoms with Gasteiger partial charge in [-0.1, -0.05) is 0 Å². The summed E-state index contributed by atoms with van der Waals surface area (Å²) in [4.78, 5) is 4.16. The number of nitrogens with zero attached hydrogens (tertiary/aromatic N) is 2. The molecule has 1 aromatic heterocycles. The van der Waals surface area contributed by atoms with Crippen molar-refractivity contribution in [2.75, 3.05) is 6.54 Å². The van der Waals surface area contributed by atoms with Crippen LogP contribution in [-0.2, 0) is 13.6 Å². The van der Waals surface area contributed by atoms with Gasteiger partial charge in [0.05, 0.1) is 6.54 Å². The van der Waals surface area contributed by atoms with Crippen LogP contribution >= 0.6 is 12.2 Å². The maximum atomic E-state index is 5.01. The number of aryl methyl sites for hydroxylation is 1. The molecule has 0 saturated carbocycles. The molecule has 0 aliphatic heterocycles. The van der Waals surface area contributed by atoms with Crippen LogP contribution in [0.5, 0.6) is 0 Å². The summed E-state index contributed by atoms with van der Waals surface area (Å²) in [6, 6.07) is 0. The first-order valence-corrected chi connectivity index (χ1v) is 4.62. The van der Waals surface area contributed by atoms with Crippen molar-refractivity contribution in [3.63, 3.8) is 0 Å². The standard InChI is InChI=1S/C8H14N4S/c1-3-9-8(13)11-6-7-10-4-5-12(7)2/h4-5H,3,6H2,1-2H3,(H2,9,11,13). The van der Waals surface area contributed by atoms with Gasteiger partial charge in [0.1, 0.15) is 5.82 Å². The summed E-state index contributed by atoms with van der Waals surface area (Å²) in [6.07, 6.45) is 3.68. The number of aromatic nitrogens is 2. The molecule has 0 fully saturated rings. The molecule has 13 heavy (non-hydrogen) atoms. The molecule has 0 aromatic carbocycles. The van der Waals surface area contributed by atoms with Crippen molar-refractivity contribution in [1.82, 2.24) is 20.2 Å². The zero-order chi connectivity index (χ0) is 9.68. The zero-order valence-corrected chi connectivity index (χ0v) is 8.69. The van der Waals surface area contributed by atoms with Gasteiger partial charge in [-0.15, -0.1) is 0 Å². The monoisotopic (exact) mass is 198 g/mol. The smallest absolute Gasteiger partial charge is 0.166 e. The highest BCUT2D eigenvalue weighted by Gasteiger charge is 1.98. The first-order chi connectivity index (χ1) is 6.24. The lowest BCUT2D eigenvalue weighted by atomic mass is 10.6. The second kappa shape index (κ2) is 4.81. The number of thiocarbonyl (C=S) groups is 1. The SMILES string of the molecule is CCNC(=S)NCc1nccn1C. The minimum Gasteiger partial charge on any atom is -0.363 e. The lowest BCUT2D eigenvalue weighted by molar-refractivity contribution is 0.740. The van der Waals surface area contributed by atoms with Crippen molar-refractivity contribution in [2.24, 2.45) is 7.05 Å². The molecule has 4 nitrogen and oxygen atoms in total. The minimum absolute atomic E-state index is 0.662. The van der Waals surface area contributed by atoms with E-state index in [1.54, 1.807) is 6.20 Å². The van der Waals surface area contributed by atoms with Gasteiger partial charge < -0.3 is 15.2 Å². The number of nitrogens with one attached hydrogen (secondary N) is 2. The molecule has 0 aliphatic carbocycles. The lowest BCUT2D eigenvalue weighted by Crippen LogP contribution is -2.35. The van der Waals surface area contributed by atoms with E-state index < -0.39 is 0 Å². The fourth-order valence-corrected chi connectivity index (χ4v) is 1.17. The van der Waals surface area contributed by atoms with E-state index in [1.165, 1.54) is 0 Å². The predicted octanol–water partition coefficient (Wildman–Crippen LogP) is 0.404. The van der Waals surface area contributed by atoms with Gasteiger partial charge in [-0.3, -0.25) is 0 Å². The molecule has 0 unspecified atom stereocenters. The molecule has 1 heterocycles. The van der Waals surface area contributed by atoms with Gasteiger partial charge in [-0.05, 0) is 19.1 Å². The molecular weight excluding hydrogens is 184 g/mol. The van der Waals surface area contributed by atoms with Crippen LogP contribution in [0.3, 0.4) is 0 Å². The van der Waals surface area contributed by atoms with E-state index in [0.29, 0.717) is 11.7 Å². The third kappa shape index (κ3) is 3.02. The molecule has 5 heteroatoms. The Morgan fingerprint density at radius 2 is 2.38 bits per heavy atom. The number of hydrogen-bond acceptors (Lipinski definition) is 2. The molecule has 72 valence electrons. The van der Waals surface area contributed by atoms with E-state index in [2.05, 4.69) is 15.6 Å². The molecular formula is C8H14N4S. The van der Waals surface area contributed by atoms with Crippen molar-refractivity contribution < 1.29 is 0 Å². The summed E-state index contributed by atoms with van der Waals surface area (Å²) >= 11 is 5.01. The number of imidazole rings is 1. The first-order valence-electron chi connectivity index (χ1n) is 4.22. The van der Waals surface area contributed by atoms with Crippen LogP contribution in [0.15, 0.2) is 12.4 Å². The number of rotatable bonds is 3. The predicted molar refractivity (Wildman–Crippen MR) is 56.3 cm³/mol. The van der Waals surface area contributed by atoms with Crippen molar-refractivity contribution in [3.05, 3.63) is 18.2 Å². The molecule has 0 radical (unpaired) electrons. The van der Waals surface area contributed by atoms with Crippen LogP contribution < -0.4 is 10.6 Å². The second-order valence-electron chi connectivity index (χ2n) is 2.67. The van der Waals surface area contributed by atoms with Gasteiger partial charge in [0.15, 0.2) is 5.11 Å². The van der Waals surface area contributed by atoms with Crippen LogP contribution in [-0.4, -0.2) is 21.2 Å². The van der Waals surface area contributed by atoms with Gasteiger partial charge in [-0.25, -0.2) is 4.98 Å². The summed E-state index contributed by atoms with van der Waals surface area (Å²) in [5.74, 6) is 0.972. The molecule has 0 saturated heterocycles. The largest absolute Gasteiger partial charge is 0.363 e. The molecule has 2 N–H and O–H groups in total. The van der Waals surface area contributed by atoms with Gasteiger partial charge >= 0.3 is 0 Å². The maximum Gasteiger partial charge on any atom is 0.166 e. The first kappa shape index (κ1) is 9.98. The van der Waals surface area contributed by atoms with E-state index in [0.717, 1.165) is 12.4 Å². The molecule has 0 atom stereocenters. The van der Waals surface area contributed by atoms with Crippen LogP contribution in [0.1, 0.15) is 12.7 Å². The Kier molecular flexibility index (Phi) is 3.70. The molecule has 1 rings (SSSR count). The lowest BCUT2D eigenvalue weighted by Gasteiger charge is -2.07. The fourth-order valence-electron chi connectivity index (χ4n) is 0.949. The van der Waals surface area contributed by atoms with E-state index in [9.17, 15) is 0 Å². The summed E-state index contributed by atoms with van der Waals surface area (Å²) < 4.78 is 1.96. The molecule has 0 amide bonds. The Morgan fingerprint density at radius 3 is 2.92 bits per heavy atom. The van der Waals surface area contributed by atoms with Gasteiger partial charge in [-0.2, -0.15) is 0 Å². The summed E-state index contributed by atoms with van der Waals surface area (Å²) in [5.41, 5.74) is 0. The third-order valence-electron chi connectivity index (χ3n) is 1.67. The minimum atomic E-state index is 0.662. The highest BCUT2D eigenvalue weighted by Crippen LogP contribution is 1.92. The van der Waals surface area contributed by atoms with E-state index in [1.807, 2.05) is 24.7 Å². The Labute approximate surface area is 83.4 Å². The Balaban J connectivity index is 2.35. The van der Waals surface area contributed by atoms with Crippen LogP contribution in [0.4, 0.5) is 0 Å². The van der Waals surface area contributed by atoms with Gasteiger partial charge in [0, 0.05) is 26.0 Å². The highest BCUT2D eigenvalue weighted by atomic mass is 32.1. The third-order valence-corrected chi connectivity index (χ3v) is 1.95. The maximum absolute atomic E-state index is 5.01. The average molecular weight is 198 g/mol. The Bertz CT molecular complexity index is 281. The second-order valence-corrected chi connectivity index (χ2v) is 3.08. The molecule has 0 bridgehead atoms. The van der Waals surface area contributed by atoms with E-state index in [-0.39, 0.29) is 0 Å². The summed E-state index contributed by atoms with van der Waals surface area (Å²) in [7, 11) is 1.96. The normalized spacial score (nSPS) is 9.69. The summed E-state index contributed by atoms with van der Waals surface area (Å²) in [6.45, 7) is 3.51. The quantitative estimate of drug-likeness (QED) is 0.690. The van der Waals surface area contributed by atoms with Crippen molar-refractivity contribution in [3.8, 4) is 0 Å². The van der Waals surface area contributed by atoms with Crippen molar-refractivity contribution in [1.29, 1.82) is 0 Å². The van der Waals surface area contributed by atoms with E-state index >= 15 is 0 Å². The molecule has 0 aliphatic rings. The summed E-state index contributed by atoms with van der Waals surface area (Å²) in [5, 5.41) is 6.75. The van der Waals surface area contributed by atoms with E-state index in [4.69, 9.17) is 12.2 Å². The van der Waals surface area contributed by atoms with Gasteiger partial charge in [0.2, 0.25) is 0 Å². The Hall–Kier alpha value is -1.10. The van der Waals surface area contributed by atoms with Crippen LogP contribution in [0, 0.1) is 0 Å². The van der Waals surface area contributed by atoms with Crippen molar-refractivity contribution in [2.45, 2.75) is 13.5 Å². The number of hydrogen-bond donors (Lipinski definition) is 2. The van der Waals surface area contributed by atoms with Crippen molar-refractivity contribution >= 4 is 17.3 Å². The fraction of sp³-hybridized carbons (Fsp3) is 0.500. The zero-order valence-electron chi connectivity index (χ0n) is 7.87. The Morgan fingerprint density at radius 1 is 1.62 bits per heavy atom. The highest BCUT2D eigenvalue weighted by molar-refractivity contribution is 7.80. The molecule has 1 aromatic rings. The van der Waals surface area contributed by atoms with Gasteiger partial charge in [0.25, 0.3) is 0 Å². The van der Waals surface area contributed by atoms with Crippen LogP contribution in [0.25, 0.3) is 0 Å². The van der Waals surface area contributed by atoms with Crippen LogP contribution in [0.2, 0.25) is 0 Å². The topological polar surface area (TPSA) is 41.9 Å².